The Kier molecular flexibility index (Phi) is 4.82. The Hall–Kier alpha value is -1.59. The number of thioether (sulfide) groups is 1. The van der Waals surface area contributed by atoms with Crippen LogP contribution in [0.5, 0.6) is 0 Å². The van der Waals surface area contributed by atoms with Crippen molar-refractivity contribution in [1.29, 1.82) is 0 Å². The van der Waals surface area contributed by atoms with E-state index in [1.54, 1.807) is 4.72 Å². The Labute approximate surface area is 146 Å². The number of imidazole rings is 2. The molecule has 11 heteroatoms. The first-order valence-corrected chi connectivity index (χ1v) is 9.93. The fraction of sp³-hybridized carbons (Fsp3) is 0.429. The number of aromatic nitrogens is 3. The molecule has 0 unspecified atom stereocenters. The Morgan fingerprint density at radius 2 is 1.88 bits per heavy atom. The molecular weight excluding hydrogens is 377 g/mol. The van der Waals surface area contributed by atoms with E-state index in [0.29, 0.717) is 18.6 Å². The number of halogens is 3. The van der Waals surface area contributed by atoms with Crippen molar-refractivity contribution >= 4 is 38.6 Å². The van der Waals surface area contributed by atoms with E-state index in [4.69, 9.17) is 0 Å². The number of alkyl halides is 3. The third-order valence-corrected chi connectivity index (χ3v) is 5.87. The molecule has 0 bridgehead atoms. The number of nitrogens with zero attached hydrogens (tertiary/aromatic N) is 3. The molecule has 3 aromatic rings. The van der Waals surface area contributed by atoms with Crippen molar-refractivity contribution in [3.63, 3.8) is 0 Å². The topological polar surface area (TPSA) is 76.4 Å². The Balaban J connectivity index is 1.54. The normalized spacial score (nSPS) is 13.3. The van der Waals surface area contributed by atoms with Gasteiger partial charge >= 0.3 is 15.5 Å². The lowest BCUT2D eigenvalue weighted by Crippen LogP contribution is -2.36. The van der Waals surface area contributed by atoms with E-state index in [1.807, 2.05) is 29.5 Å². The van der Waals surface area contributed by atoms with Crippen LogP contribution in [0, 0.1) is 6.92 Å². The van der Waals surface area contributed by atoms with Gasteiger partial charge in [0.15, 0.2) is 0 Å². The number of rotatable bonds is 7. The lowest BCUT2D eigenvalue weighted by molar-refractivity contribution is -0.0447. The maximum absolute atomic E-state index is 12.2. The highest BCUT2D eigenvalue weighted by Crippen LogP contribution is 2.30. The minimum Gasteiger partial charge on any atom is -0.274 e. The van der Waals surface area contributed by atoms with E-state index < -0.39 is 15.5 Å². The van der Waals surface area contributed by atoms with Crippen molar-refractivity contribution in [2.75, 3.05) is 12.3 Å². The van der Waals surface area contributed by atoms with Crippen LogP contribution >= 0.6 is 11.8 Å². The Morgan fingerprint density at radius 3 is 2.56 bits per heavy atom. The van der Waals surface area contributed by atoms with Gasteiger partial charge in [-0.25, -0.2) is 23.1 Å². The summed E-state index contributed by atoms with van der Waals surface area (Å²) in [6.45, 7) is 1.66. The van der Waals surface area contributed by atoms with Crippen LogP contribution < -0.4 is 4.72 Å². The summed E-state index contributed by atoms with van der Waals surface area (Å²) >= 11 is 1.49. The number of unbranched alkanes of at least 4 members (excludes halogenated alkanes) is 1. The molecule has 3 aromatic heterocycles. The fourth-order valence-corrected chi connectivity index (χ4v) is 4.12. The van der Waals surface area contributed by atoms with Gasteiger partial charge in [-0.3, -0.25) is 4.40 Å². The van der Waals surface area contributed by atoms with Crippen molar-refractivity contribution in [2.24, 2.45) is 0 Å². The van der Waals surface area contributed by atoms with E-state index in [1.165, 1.54) is 11.8 Å². The third kappa shape index (κ3) is 3.53. The summed E-state index contributed by atoms with van der Waals surface area (Å²) in [5.74, 6) is 0.618. The molecule has 0 amide bonds. The molecule has 0 aliphatic carbocycles. The van der Waals surface area contributed by atoms with E-state index >= 15 is 0 Å². The van der Waals surface area contributed by atoms with Crippen molar-refractivity contribution in [1.82, 2.24) is 19.1 Å². The molecule has 0 aliphatic heterocycles. The van der Waals surface area contributed by atoms with Crippen molar-refractivity contribution in [3.8, 4) is 0 Å². The summed E-state index contributed by atoms with van der Waals surface area (Å²) in [5, 5.41) is 0.821. The second-order valence-corrected chi connectivity index (χ2v) is 8.28. The summed E-state index contributed by atoms with van der Waals surface area (Å²) < 4.78 is 61.8. The van der Waals surface area contributed by atoms with E-state index in [9.17, 15) is 21.6 Å². The molecule has 0 spiro atoms. The molecule has 25 heavy (non-hydrogen) atoms. The van der Waals surface area contributed by atoms with Crippen LogP contribution in [-0.2, 0) is 10.0 Å². The lowest BCUT2D eigenvalue weighted by Gasteiger charge is -2.08. The van der Waals surface area contributed by atoms with Gasteiger partial charge in [0.2, 0.25) is 0 Å². The van der Waals surface area contributed by atoms with Gasteiger partial charge < -0.3 is 0 Å². The molecule has 3 heterocycles. The van der Waals surface area contributed by atoms with Gasteiger partial charge in [-0.2, -0.15) is 13.2 Å². The van der Waals surface area contributed by atoms with Gasteiger partial charge in [0, 0.05) is 6.54 Å². The summed E-state index contributed by atoms with van der Waals surface area (Å²) in [7, 11) is -5.25. The monoisotopic (exact) mass is 392 g/mol. The standard InChI is InChI=1S/C14H15F3N4O2S2/c1-9-12-13(20-11-6-4-5-10(19-9)21(11)12)24-8-3-2-7-18-25(22,23)14(15,16)17/h4-6,18H,2-3,7-8H2,1H3. The van der Waals surface area contributed by atoms with Crippen LogP contribution in [0.1, 0.15) is 18.5 Å². The predicted molar refractivity (Wildman–Crippen MR) is 89.4 cm³/mol. The Bertz CT molecular complexity index is 985. The smallest absolute Gasteiger partial charge is 0.274 e. The second kappa shape index (κ2) is 6.61. The number of hydrogen-bond donors (Lipinski definition) is 1. The zero-order valence-electron chi connectivity index (χ0n) is 13.2. The first-order chi connectivity index (χ1) is 11.7. The number of nitrogens with one attached hydrogen (secondary N) is 1. The summed E-state index contributed by atoms with van der Waals surface area (Å²) in [4.78, 5) is 9.02. The first-order valence-electron chi connectivity index (χ1n) is 7.46. The fourth-order valence-electron chi connectivity index (χ4n) is 2.47. The summed E-state index contributed by atoms with van der Waals surface area (Å²) in [5.41, 5.74) is -1.83. The predicted octanol–water partition coefficient (Wildman–Crippen LogP) is 2.94. The van der Waals surface area contributed by atoms with Gasteiger partial charge in [-0.05, 0) is 37.7 Å². The molecule has 136 valence electrons. The molecule has 0 saturated carbocycles. The zero-order chi connectivity index (χ0) is 18.2. The van der Waals surface area contributed by atoms with Crippen LogP contribution in [0.2, 0.25) is 0 Å². The quantitative estimate of drug-likeness (QED) is 0.494. The average molecular weight is 392 g/mol. The minimum atomic E-state index is -5.27. The molecular formula is C14H15F3N4O2S2. The molecule has 1 N–H and O–H groups in total. The molecule has 0 saturated heterocycles. The van der Waals surface area contributed by atoms with Crippen molar-refractivity contribution in [3.05, 3.63) is 23.9 Å². The van der Waals surface area contributed by atoms with Gasteiger partial charge in [-0.15, -0.1) is 11.8 Å². The molecule has 0 aliphatic rings. The largest absolute Gasteiger partial charge is 0.511 e. The van der Waals surface area contributed by atoms with Crippen molar-refractivity contribution in [2.45, 2.75) is 30.3 Å². The number of aryl methyl sites for hydroxylation is 1. The molecule has 3 rings (SSSR count). The molecule has 6 nitrogen and oxygen atoms in total. The van der Waals surface area contributed by atoms with Crippen LogP contribution in [0.4, 0.5) is 13.2 Å². The molecule has 0 atom stereocenters. The Morgan fingerprint density at radius 1 is 1.20 bits per heavy atom. The molecule has 0 aromatic carbocycles. The van der Waals surface area contributed by atoms with Gasteiger partial charge in [0.05, 0.1) is 5.69 Å². The number of hydrogen-bond acceptors (Lipinski definition) is 5. The van der Waals surface area contributed by atoms with Gasteiger partial charge in [0.1, 0.15) is 21.8 Å². The molecule has 0 radical (unpaired) electrons. The van der Waals surface area contributed by atoms with Crippen LogP contribution in [0.25, 0.3) is 16.8 Å². The maximum atomic E-state index is 12.2. The highest BCUT2D eigenvalue weighted by molar-refractivity contribution is 7.99. The lowest BCUT2D eigenvalue weighted by atomic mass is 10.3. The van der Waals surface area contributed by atoms with Crippen LogP contribution in [0.3, 0.4) is 0 Å². The zero-order valence-corrected chi connectivity index (χ0v) is 14.8. The molecule has 0 fully saturated rings. The third-order valence-electron chi connectivity index (χ3n) is 3.62. The SMILES string of the molecule is Cc1nc2cccc3nc(SCCCCNS(=O)(=O)C(F)(F)F)c1n23. The first kappa shape index (κ1) is 18.2. The van der Waals surface area contributed by atoms with Crippen LogP contribution in [0.15, 0.2) is 23.2 Å². The second-order valence-electron chi connectivity index (χ2n) is 5.44. The minimum absolute atomic E-state index is 0.245. The van der Waals surface area contributed by atoms with E-state index in [-0.39, 0.29) is 6.54 Å². The summed E-state index contributed by atoms with van der Waals surface area (Å²) in [6, 6.07) is 5.66. The highest BCUT2D eigenvalue weighted by atomic mass is 32.2. The average Bonchev–Trinajstić information content (AvgIpc) is 3.05. The van der Waals surface area contributed by atoms with Gasteiger partial charge in [0.25, 0.3) is 0 Å². The number of sulfonamides is 1. The van der Waals surface area contributed by atoms with Gasteiger partial charge in [-0.1, -0.05) is 6.07 Å². The summed E-state index contributed by atoms with van der Waals surface area (Å²) in [6.07, 6.45) is 0.866. The van der Waals surface area contributed by atoms with E-state index in [0.717, 1.165) is 27.5 Å². The maximum Gasteiger partial charge on any atom is 0.511 e. The van der Waals surface area contributed by atoms with Crippen LogP contribution in [-0.4, -0.2) is 40.6 Å². The highest BCUT2D eigenvalue weighted by Gasteiger charge is 2.45. The number of pyridine rings is 1. The van der Waals surface area contributed by atoms with Crippen molar-refractivity contribution < 1.29 is 21.6 Å². The van der Waals surface area contributed by atoms with E-state index in [2.05, 4.69) is 9.97 Å².